The van der Waals surface area contributed by atoms with Gasteiger partial charge in [-0.3, -0.25) is 0 Å². The van der Waals surface area contributed by atoms with Crippen LogP contribution in [0.4, 0.5) is 17.1 Å². The lowest BCUT2D eigenvalue weighted by atomic mass is 9.95. The Balaban J connectivity index is 0.815. The topological polar surface area (TPSA) is 16.4 Å². The van der Waals surface area contributed by atoms with Gasteiger partial charge < -0.3 is 9.32 Å². The summed E-state index contributed by atoms with van der Waals surface area (Å²) in [5, 5.41) is 8.69. The molecular weight excluding hydrogens is 847 g/mol. The fraction of sp³-hybridized carbons (Fsp3) is 0. The van der Waals surface area contributed by atoms with Crippen molar-refractivity contribution in [2.45, 2.75) is 0 Å². The molecule has 0 saturated heterocycles. The highest BCUT2D eigenvalue weighted by atomic mass is 16.3. The van der Waals surface area contributed by atoms with Crippen LogP contribution in [0.1, 0.15) is 0 Å². The molecule has 0 spiro atoms. The monoisotopic (exact) mass is 891 g/mol. The van der Waals surface area contributed by atoms with Gasteiger partial charge in [0.05, 0.1) is 0 Å². The van der Waals surface area contributed by atoms with Crippen molar-refractivity contribution in [3.8, 4) is 67.0 Å². The van der Waals surface area contributed by atoms with Gasteiger partial charge in [0.1, 0.15) is 11.3 Å². The molecule has 1 heterocycles. The first-order chi connectivity index (χ1) is 34.7. The highest BCUT2D eigenvalue weighted by Crippen LogP contribution is 2.40. The number of nitrogens with zero attached hydrogens (tertiary/aromatic N) is 1. The third kappa shape index (κ3) is 7.59. The normalized spacial score (nSPS) is 11.4. The van der Waals surface area contributed by atoms with Gasteiger partial charge in [0.25, 0.3) is 0 Å². The number of fused-ring (bicyclic) bond motifs is 5. The quantitative estimate of drug-likeness (QED) is 0.134. The van der Waals surface area contributed by atoms with Crippen molar-refractivity contribution in [2.24, 2.45) is 0 Å². The van der Waals surface area contributed by atoms with Crippen LogP contribution >= 0.6 is 0 Å². The molecule has 0 fully saturated rings. The van der Waals surface area contributed by atoms with Crippen LogP contribution in [-0.4, -0.2) is 0 Å². The maximum atomic E-state index is 6.31. The Bertz CT molecular complexity index is 3980. The van der Waals surface area contributed by atoms with E-state index in [-0.39, 0.29) is 0 Å². The zero-order chi connectivity index (χ0) is 46.4. The maximum absolute atomic E-state index is 6.31. The van der Waals surface area contributed by atoms with Crippen molar-refractivity contribution < 1.29 is 4.42 Å². The van der Waals surface area contributed by atoms with Crippen molar-refractivity contribution in [3.63, 3.8) is 0 Å². The van der Waals surface area contributed by atoms with Gasteiger partial charge in [-0.2, -0.15) is 0 Å². The molecule has 13 rings (SSSR count). The lowest BCUT2D eigenvalue weighted by molar-refractivity contribution is 0.632. The molecule has 328 valence electrons. The highest BCUT2D eigenvalue weighted by Gasteiger charge is 2.16. The lowest BCUT2D eigenvalue weighted by Crippen LogP contribution is -2.09. The molecule has 12 aromatic carbocycles. The molecule has 0 saturated carbocycles. The Kier molecular flexibility index (Phi) is 10.2. The van der Waals surface area contributed by atoms with E-state index in [9.17, 15) is 0 Å². The van der Waals surface area contributed by atoms with Gasteiger partial charge in [0.2, 0.25) is 0 Å². The van der Waals surface area contributed by atoms with E-state index < -0.39 is 0 Å². The third-order valence-electron chi connectivity index (χ3n) is 13.9. The molecule has 13 aromatic rings. The predicted molar refractivity (Wildman–Crippen MR) is 296 cm³/mol. The van der Waals surface area contributed by atoms with Crippen molar-refractivity contribution in [2.75, 3.05) is 4.90 Å². The molecule has 2 heteroatoms. The van der Waals surface area contributed by atoms with Crippen molar-refractivity contribution in [1.82, 2.24) is 0 Å². The summed E-state index contributed by atoms with van der Waals surface area (Å²) in [6.07, 6.45) is 0. The van der Waals surface area contributed by atoms with Crippen LogP contribution in [0.2, 0.25) is 0 Å². The fourth-order valence-corrected chi connectivity index (χ4v) is 10.3. The molecule has 0 amide bonds. The molecule has 0 radical (unpaired) electrons. The van der Waals surface area contributed by atoms with Crippen LogP contribution in [-0.2, 0) is 0 Å². The van der Waals surface area contributed by atoms with E-state index in [0.717, 1.165) is 61.6 Å². The number of hydrogen-bond acceptors (Lipinski definition) is 2. The van der Waals surface area contributed by atoms with Gasteiger partial charge >= 0.3 is 0 Å². The molecule has 70 heavy (non-hydrogen) atoms. The first kappa shape index (κ1) is 41.0. The number of rotatable bonds is 9. The molecule has 0 bridgehead atoms. The minimum absolute atomic E-state index is 0.874. The Morgan fingerprint density at radius 3 is 1.24 bits per heavy atom. The largest absolute Gasteiger partial charge is 0.456 e. The first-order valence-corrected chi connectivity index (χ1v) is 24.0. The molecule has 0 unspecified atom stereocenters. The predicted octanol–water partition coefficient (Wildman–Crippen LogP) is 19.4. The van der Waals surface area contributed by atoms with E-state index in [0.29, 0.717) is 0 Å². The number of anilines is 3. The summed E-state index contributed by atoms with van der Waals surface area (Å²) >= 11 is 0. The third-order valence-corrected chi connectivity index (χ3v) is 13.9. The molecule has 0 aliphatic carbocycles. The molecule has 0 aliphatic heterocycles. The van der Waals surface area contributed by atoms with Crippen LogP contribution in [0.5, 0.6) is 0 Å². The first-order valence-electron chi connectivity index (χ1n) is 24.0. The fourth-order valence-electron chi connectivity index (χ4n) is 10.3. The van der Waals surface area contributed by atoms with Gasteiger partial charge in [-0.1, -0.05) is 218 Å². The van der Waals surface area contributed by atoms with E-state index in [1.165, 1.54) is 65.7 Å². The highest BCUT2D eigenvalue weighted by molar-refractivity contribution is 6.08. The summed E-state index contributed by atoms with van der Waals surface area (Å²) in [4.78, 5) is 2.35. The SMILES string of the molecule is c1ccc(-c2cc3ccccc3o2)c(-c2ccc(-c3ccc(N(c4ccc(-c5ccc(-c6cccc7ccccc67)cc5)cc4)c4ccc(-c5ccc6c(ccc7ccccc76)c5)cc4)cc3)cc2)c1. The summed E-state index contributed by atoms with van der Waals surface area (Å²) in [6.45, 7) is 0. The molecule has 2 nitrogen and oxygen atoms in total. The molecule has 0 aliphatic rings. The van der Waals surface area contributed by atoms with Crippen LogP contribution in [0.25, 0.3) is 110 Å². The minimum atomic E-state index is 0.874. The maximum Gasteiger partial charge on any atom is 0.136 e. The van der Waals surface area contributed by atoms with Gasteiger partial charge in [-0.25, -0.2) is 0 Å². The summed E-state index contributed by atoms with van der Waals surface area (Å²) < 4.78 is 6.31. The molecule has 0 N–H and O–H groups in total. The Morgan fingerprint density at radius 1 is 0.229 bits per heavy atom. The van der Waals surface area contributed by atoms with Gasteiger partial charge in [0.15, 0.2) is 0 Å². The Hall–Kier alpha value is -9.24. The van der Waals surface area contributed by atoms with Gasteiger partial charge in [-0.05, 0) is 143 Å². The van der Waals surface area contributed by atoms with E-state index in [2.05, 4.69) is 260 Å². The molecule has 1 aromatic heterocycles. The second-order valence-corrected chi connectivity index (χ2v) is 18.1. The smallest absolute Gasteiger partial charge is 0.136 e. The average molecular weight is 892 g/mol. The summed E-state index contributed by atoms with van der Waals surface area (Å²) in [5.41, 5.74) is 17.0. The summed E-state index contributed by atoms with van der Waals surface area (Å²) in [7, 11) is 0. The second kappa shape index (κ2) is 17.4. The van der Waals surface area contributed by atoms with Gasteiger partial charge in [-0.15, -0.1) is 0 Å². The average Bonchev–Trinajstić information content (AvgIpc) is 3.88. The van der Waals surface area contributed by atoms with Crippen molar-refractivity contribution in [1.29, 1.82) is 0 Å². The molecule has 0 atom stereocenters. The number of hydrogen-bond donors (Lipinski definition) is 0. The van der Waals surface area contributed by atoms with E-state index in [1.807, 2.05) is 18.2 Å². The second-order valence-electron chi connectivity index (χ2n) is 18.1. The van der Waals surface area contributed by atoms with E-state index in [4.69, 9.17) is 4.42 Å². The summed E-state index contributed by atoms with van der Waals surface area (Å²) in [5.74, 6) is 0.874. The lowest BCUT2D eigenvalue weighted by Gasteiger charge is -2.26. The Labute approximate surface area is 407 Å². The molecular formula is C68H45NO. The van der Waals surface area contributed by atoms with Crippen molar-refractivity contribution in [3.05, 3.63) is 273 Å². The summed E-state index contributed by atoms with van der Waals surface area (Å²) in [6, 6.07) is 98.6. The standard InChI is InChI=1S/C68H45NO/c1-4-14-61-51(10-1)13-9-18-63(61)53-24-20-46(21-25-53)48-30-37-58(38-31-48)69(60-41-34-50(35-42-60)55-36-43-65-56(44-55)29-28-52-11-2-5-15-62(52)65)59-39-32-49(33-40-59)47-22-26-54(27-23-47)64-16-6-7-17-66(64)68-45-57-12-3-8-19-67(57)70-68/h1-45H. The van der Waals surface area contributed by atoms with E-state index >= 15 is 0 Å². The van der Waals surface area contributed by atoms with Crippen LogP contribution in [0.15, 0.2) is 277 Å². The number of furan rings is 1. The van der Waals surface area contributed by atoms with Crippen LogP contribution < -0.4 is 4.90 Å². The van der Waals surface area contributed by atoms with Crippen molar-refractivity contribution >= 4 is 60.3 Å². The Morgan fingerprint density at radius 2 is 0.629 bits per heavy atom. The zero-order valence-electron chi connectivity index (χ0n) is 38.3. The van der Waals surface area contributed by atoms with Crippen LogP contribution in [0, 0.1) is 0 Å². The van der Waals surface area contributed by atoms with Crippen LogP contribution in [0.3, 0.4) is 0 Å². The van der Waals surface area contributed by atoms with E-state index in [1.54, 1.807) is 0 Å². The minimum Gasteiger partial charge on any atom is -0.456 e. The number of para-hydroxylation sites is 1. The zero-order valence-corrected chi connectivity index (χ0v) is 38.3. The number of benzene rings is 12. The van der Waals surface area contributed by atoms with Gasteiger partial charge in [0, 0.05) is 28.0 Å².